The molecule has 0 saturated carbocycles. The third kappa shape index (κ3) is 2.81. The molecule has 0 amide bonds. The summed E-state index contributed by atoms with van der Waals surface area (Å²) < 4.78 is 5.09. The van der Waals surface area contributed by atoms with Gasteiger partial charge in [0.1, 0.15) is 18.7 Å². The fourth-order valence-corrected chi connectivity index (χ4v) is 2.77. The third-order valence-electron chi connectivity index (χ3n) is 3.75. The number of benzene rings is 2. The summed E-state index contributed by atoms with van der Waals surface area (Å²) >= 11 is 0. The minimum absolute atomic E-state index is 0.0802. The van der Waals surface area contributed by atoms with Crippen LogP contribution in [0.15, 0.2) is 53.7 Å². The van der Waals surface area contributed by atoms with Crippen LogP contribution in [-0.4, -0.2) is 18.5 Å². The van der Waals surface area contributed by atoms with Crippen molar-refractivity contribution in [3.8, 4) is 23.3 Å². The van der Waals surface area contributed by atoms with Crippen LogP contribution >= 0.6 is 0 Å². The van der Waals surface area contributed by atoms with Gasteiger partial charge >= 0.3 is 6.16 Å². The van der Waals surface area contributed by atoms with Crippen LogP contribution in [0.2, 0.25) is 0 Å². The zero-order valence-corrected chi connectivity index (χ0v) is 12.5. The molecule has 3 rings (SSSR count). The quantitative estimate of drug-likeness (QED) is 0.374. The van der Waals surface area contributed by atoms with Gasteiger partial charge in [0.25, 0.3) is 5.71 Å². The van der Waals surface area contributed by atoms with Crippen LogP contribution in [0.3, 0.4) is 0 Å². The van der Waals surface area contributed by atoms with E-state index in [9.17, 15) is 4.79 Å². The molecule has 0 spiro atoms. The Balaban J connectivity index is 1.75. The average Bonchev–Trinajstić information content (AvgIpc) is 2.95. The minimum atomic E-state index is -1.06. The highest BCUT2D eigenvalue weighted by atomic mass is 16.8. The van der Waals surface area contributed by atoms with Crippen molar-refractivity contribution in [1.82, 2.24) is 0 Å². The third-order valence-corrected chi connectivity index (χ3v) is 3.75. The molecule has 0 fully saturated rings. The molecule has 6 heteroatoms. The SMILES string of the molecule is N#CC(C#N)=NOC(=O)OCC1c2ccccc2-c2ccccc21. The number of hydrogen-bond acceptors (Lipinski definition) is 6. The van der Waals surface area contributed by atoms with E-state index >= 15 is 0 Å². The van der Waals surface area contributed by atoms with E-state index in [2.05, 4.69) is 9.99 Å². The normalized spacial score (nSPS) is 11.4. The Morgan fingerprint density at radius 3 is 2.08 bits per heavy atom. The maximum Gasteiger partial charge on any atom is 0.535 e. The number of carbonyl (C=O) groups excluding carboxylic acids is 1. The van der Waals surface area contributed by atoms with Crippen molar-refractivity contribution in [2.45, 2.75) is 5.92 Å². The molecule has 0 radical (unpaired) electrons. The van der Waals surface area contributed by atoms with Gasteiger partial charge < -0.3 is 4.74 Å². The zero-order valence-electron chi connectivity index (χ0n) is 12.5. The number of rotatable bonds is 3. The van der Waals surface area contributed by atoms with E-state index in [4.69, 9.17) is 15.3 Å². The van der Waals surface area contributed by atoms with Gasteiger partial charge in [-0.15, -0.1) is 0 Å². The van der Waals surface area contributed by atoms with Crippen molar-refractivity contribution in [2.24, 2.45) is 5.16 Å². The molecule has 0 N–H and O–H groups in total. The minimum Gasteiger partial charge on any atom is -0.432 e. The van der Waals surface area contributed by atoms with Crippen LogP contribution in [0, 0.1) is 22.7 Å². The van der Waals surface area contributed by atoms with Gasteiger partial charge in [-0.1, -0.05) is 48.5 Å². The van der Waals surface area contributed by atoms with Gasteiger partial charge in [-0.3, -0.25) is 4.84 Å². The van der Waals surface area contributed by atoms with Gasteiger partial charge in [0.05, 0.1) is 0 Å². The van der Waals surface area contributed by atoms with Crippen LogP contribution in [-0.2, 0) is 9.57 Å². The van der Waals surface area contributed by atoms with Crippen molar-refractivity contribution >= 4 is 11.9 Å². The Kier molecular flexibility index (Phi) is 4.22. The predicted octanol–water partition coefficient (Wildman–Crippen LogP) is 3.36. The molecule has 1 aliphatic carbocycles. The molecule has 0 saturated heterocycles. The summed E-state index contributed by atoms with van der Waals surface area (Å²) in [5.41, 5.74) is 3.83. The molecule has 0 heterocycles. The highest BCUT2D eigenvalue weighted by molar-refractivity contribution is 6.09. The van der Waals surface area contributed by atoms with Gasteiger partial charge in [0.15, 0.2) is 0 Å². The first-order valence-electron chi connectivity index (χ1n) is 7.14. The van der Waals surface area contributed by atoms with Crippen LogP contribution in [0.4, 0.5) is 4.79 Å². The number of nitriles is 2. The lowest BCUT2D eigenvalue weighted by atomic mass is 9.98. The summed E-state index contributed by atoms with van der Waals surface area (Å²) in [6.45, 7) is 0.0802. The standard InChI is InChI=1S/C18H11N3O3/c19-9-12(10-20)21-24-18(22)23-11-17-15-7-3-1-5-13(15)14-6-2-4-8-16(14)17/h1-8,17H,11H2. The van der Waals surface area contributed by atoms with Crippen LogP contribution < -0.4 is 0 Å². The number of fused-ring (bicyclic) bond motifs is 3. The summed E-state index contributed by atoms with van der Waals surface area (Å²) in [5.74, 6) is -0.0969. The van der Waals surface area contributed by atoms with Gasteiger partial charge in [-0.25, -0.2) is 4.79 Å². The maximum absolute atomic E-state index is 11.6. The fourth-order valence-electron chi connectivity index (χ4n) is 2.77. The van der Waals surface area contributed by atoms with Crippen molar-refractivity contribution < 1.29 is 14.4 Å². The fraction of sp³-hybridized carbons (Fsp3) is 0.111. The summed E-state index contributed by atoms with van der Waals surface area (Å²) in [7, 11) is 0. The average molecular weight is 317 g/mol. The lowest BCUT2D eigenvalue weighted by Crippen LogP contribution is -2.12. The molecule has 2 aromatic rings. The van der Waals surface area contributed by atoms with Crippen molar-refractivity contribution in [3.63, 3.8) is 0 Å². The Bertz CT molecular complexity index is 845. The number of carbonyl (C=O) groups is 1. The number of oxime groups is 1. The number of hydrogen-bond donors (Lipinski definition) is 0. The molecule has 0 unspecified atom stereocenters. The monoisotopic (exact) mass is 317 g/mol. The first kappa shape index (κ1) is 15.3. The van der Waals surface area contributed by atoms with Crippen LogP contribution in [0.25, 0.3) is 11.1 Å². The van der Waals surface area contributed by atoms with E-state index in [1.165, 1.54) is 12.1 Å². The summed E-state index contributed by atoms with van der Waals surface area (Å²) in [6, 6.07) is 18.8. The van der Waals surface area contributed by atoms with Gasteiger partial charge in [-0.2, -0.15) is 10.5 Å². The molecule has 2 aromatic carbocycles. The second-order valence-electron chi connectivity index (χ2n) is 5.04. The molecule has 0 bridgehead atoms. The molecule has 0 aliphatic heterocycles. The highest BCUT2D eigenvalue weighted by Crippen LogP contribution is 2.44. The van der Waals surface area contributed by atoms with Gasteiger partial charge in [-0.05, 0) is 27.4 Å². The van der Waals surface area contributed by atoms with Crippen molar-refractivity contribution in [3.05, 3.63) is 59.7 Å². The van der Waals surface area contributed by atoms with Crippen LogP contribution in [0.5, 0.6) is 0 Å². The van der Waals surface area contributed by atoms with E-state index in [1.807, 2.05) is 48.5 Å². The Morgan fingerprint density at radius 2 is 1.54 bits per heavy atom. The predicted molar refractivity (Wildman–Crippen MR) is 84.8 cm³/mol. The second-order valence-corrected chi connectivity index (χ2v) is 5.04. The van der Waals surface area contributed by atoms with E-state index in [1.54, 1.807) is 0 Å². The largest absolute Gasteiger partial charge is 0.535 e. The molecule has 0 aromatic heterocycles. The Hall–Kier alpha value is -3.64. The Labute approximate surface area is 138 Å². The van der Waals surface area contributed by atoms with Crippen LogP contribution in [0.1, 0.15) is 17.0 Å². The molecule has 1 aliphatic rings. The zero-order chi connectivity index (χ0) is 16.9. The summed E-state index contributed by atoms with van der Waals surface area (Å²) in [5, 5.41) is 20.2. The molecular weight excluding hydrogens is 306 g/mol. The second kappa shape index (κ2) is 6.64. The topological polar surface area (TPSA) is 95.5 Å². The molecule has 6 nitrogen and oxygen atoms in total. The van der Waals surface area contributed by atoms with E-state index < -0.39 is 11.9 Å². The smallest absolute Gasteiger partial charge is 0.432 e. The molecule has 24 heavy (non-hydrogen) atoms. The highest BCUT2D eigenvalue weighted by Gasteiger charge is 2.29. The summed E-state index contributed by atoms with van der Waals surface area (Å²) in [6.07, 6.45) is -1.06. The first-order valence-corrected chi connectivity index (χ1v) is 7.14. The molecular formula is C18H11N3O3. The lowest BCUT2D eigenvalue weighted by molar-refractivity contribution is 0.0557. The summed E-state index contributed by atoms with van der Waals surface area (Å²) in [4.78, 5) is 16.0. The van der Waals surface area contributed by atoms with Crippen molar-refractivity contribution in [2.75, 3.05) is 6.61 Å². The lowest BCUT2D eigenvalue weighted by Gasteiger charge is -2.12. The van der Waals surface area contributed by atoms with Gasteiger partial charge in [0, 0.05) is 5.92 Å². The number of ether oxygens (including phenoxy) is 1. The first-order chi connectivity index (χ1) is 11.7. The maximum atomic E-state index is 11.6. The number of nitrogens with zero attached hydrogens (tertiary/aromatic N) is 3. The Morgan fingerprint density at radius 1 is 1.00 bits per heavy atom. The van der Waals surface area contributed by atoms with E-state index in [0.717, 1.165) is 22.3 Å². The molecule has 116 valence electrons. The van der Waals surface area contributed by atoms with E-state index in [-0.39, 0.29) is 12.5 Å². The molecule has 0 atom stereocenters. The van der Waals surface area contributed by atoms with Gasteiger partial charge in [0.2, 0.25) is 0 Å². The van der Waals surface area contributed by atoms with E-state index in [0.29, 0.717) is 0 Å². The van der Waals surface area contributed by atoms with Crippen molar-refractivity contribution in [1.29, 1.82) is 10.5 Å².